The number of rotatable bonds is 3. The molecular formula is C12H16N4O3S2. The highest BCUT2D eigenvalue weighted by Gasteiger charge is 2.34. The van der Waals surface area contributed by atoms with E-state index in [9.17, 15) is 8.42 Å². The molecule has 1 fully saturated rings. The molecule has 2 unspecified atom stereocenters. The summed E-state index contributed by atoms with van der Waals surface area (Å²) in [6.45, 7) is 2.73. The Bertz CT molecular complexity index is 726. The molecule has 0 amide bonds. The molecule has 0 spiro atoms. The predicted molar refractivity (Wildman–Crippen MR) is 80.1 cm³/mol. The molecule has 2 aliphatic heterocycles. The summed E-state index contributed by atoms with van der Waals surface area (Å²) in [7, 11) is -3.62. The van der Waals surface area contributed by atoms with E-state index < -0.39 is 10.0 Å². The third-order valence-corrected chi connectivity index (χ3v) is 5.95. The van der Waals surface area contributed by atoms with Crippen molar-refractivity contribution in [3.05, 3.63) is 18.2 Å². The molecule has 3 rings (SSSR count). The lowest BCUT2D eigenvalue weighted by Crippen LogP contribution is -2.51. The lowest BCUT2D eigenvalue weighted by molar-refractivity contribution is -0.0120. The first-order valence-electron chi connectivity index (χ1n) is 6.59. The molecule has 1 aromatic carbocycles. The number of hydrogen-bond acceptors (Lipinski definition) is 6. The Morgan fingerprint density at radius 2 is 2.29 bits per heavy atom. The summed E-state index contributed by atoms with van der Waals surface area (Å²) < 4.78 is 40.8. The van der Waals surface area contributed by atoms with Crippen LogP contribution in [0.2, 0.25) is 0 Å². The number of fused-ring (bicyclic) bond motifs is 1. The Morgan fingerprint density at radius 3 is 3.05 bits per heavy atom. The van der Waals surface area contributed by atoms with Crippen molar-refractivity contribution in [2.24, 2.45) is 14.5 Å². The molecule has 7 nitrogen and oxygen atoms in total. The van der Waals surface area contributed by atoms with Gasteiger partial charge in [0, 0.05) is 19.1 Å². The van der Waals surface area contributed by atoms with Crippen molar-refractivity contribution in [1.82, 2.24) is 4.31 Å². The number of nitrogens with zero attached hydrogens (tertiary/aromatic N) is 3. The van der Waals surface area contributed by atoms with Crippen molar-refractivity contribution in [3.8, 4) is 0 Å². The first-order valence-corrected chi connectivity index (χ1v) is 8.76. The maximum Gasteiger partial charge on any atom is 0.245 e. The average Bonchev–Trinajstić information content (AvgIpc) is 2.95. The van der Waals surface area contributed by atoms with Crippen LogP contribution in [-0.4, -0.2) is 44.6 Å². The van der Waals surface area contributed by atoms with Crippen LogP contribution in [0.1, 0.15) is 6.92 Å². The van der Waals surface area contributed by atoms with Crippen LogP contribution in [0.3, 0.4) is 0 Å². The molecule has 0 bridgehead atoms. The lowest BCUT2D eigenvalue weighted by atomic mass is 10.2. The molecule has 0 aliphatic carbocycles. The Kier molecular flexibility index (Phi) is 3.93. The largest absolute Gasteiger partial charge is 0.374 e. The number of sulfonamides is 1. The van der Waals surface area contributed by atoms with Crippen molar-refractivity contribution in [2.75, 3.05) is 19.7 Å². The van der Waals surface area contributed by atoms with Crippen molar-refractivity contribution in [1.29, 1.82) is 0 Å². The molecule has 2 aliphatic rings. The second-order valence-electron chi connectivity index (χ2n) is 5.02. The van der Waals surface area contributed by atoms with Crippen LogP contribution in [0, 0.1) is 0 Å². The third-order valence-electron chi connectivity index (χ3n) is 3.51. The maximum atomic E-state index is 12.8. The second kappa shape index (κ2) is 5.58. The number of nitrogens with two attached hydrogens (primary N) is 1. The van der Waals surface area contributed by atoms with E-state index in [0.717, 1.165) is 11.4 Å². The summed E-state index contributed by atoms with van der Waals surface area (Å²) in [4.78, 5) is 0.194. The van der Waals surface area contributed by atoms with Crippen LogP contribution in [0.25, 0.3) is 0 Å². The summed E-state index contributed by atoms with van der Waals surface area (Å²) in [5, 5.41) is 0. The fourth-order valence-corrected chi connectivity index (χ4v) is 4.50. The Labute approximate surface area is 127 Å². The zero-order valence-corrected chi connectivity index (χ0v) is 13.1. The van der Waals surface area contributed by atoms with Crippen molar-refractivity contribution >= 4 is 32.8 Å². The van der Waals surface area contributed by atoms with Gasteiger partial charge in [-0.2, -0.15) is 13.0 Å². The van der Waals surface area contributed by atoms with E-state index in [1.807, 2.05) is 6.92 Å². The van der Waals surface area contributed by atoms with Gasteiger partial charge in [0.15, 0.2) is 0 Å². The fourth-order valence-electron chi connectivity index (χ4n) is 2.32. The topological polar surface area (TPSA) is 97.3 Å². The SMILES string of the molecule is CC(N)C1CN(S(=O)(=O)c2cccc3c2N=S=N3)CCO1. The molecule has 1 aromatic rings. The van der Waals surface area contributed by atoms with Crippen LogP contribution < -0.4 is 5.73 Å². The van der Waals surface area contributed by atoms with Gasteiger partial charge in [-0.25, -0.2) is 8.42 Å². The van der Waals surface area contributed by atoms with Gasteiger partial charge in [0.1, 0.15) is 16.3 Å². The normalized spacial score (nSPS) is 23.6. The average molecular weight is 328 g/mol. The minimum atomic E-state index is -3.62. The molecule has 2 heterocycles. The lowest BCUT2D eigenvalue weighted by Gasteiger charge is -2.34. The van der Waals surface area contributed by atoms with Gasteiger partial charge in [-0.05, 0) is 19.1 Å². The van der Waals surface area contributed by atoms with Crippen LogP contribution in [0.15, 0.2) is 31.8 Å². The number of hydrogen-bond donors (Lipinski definition) is 1. The fraction of sp³-hybridized carbons (Fsp3) is 0.500. The smallest absolute Gasteiger partial charge is 0.245 e. The van der Waals surface area contributed by atoms with E-state index in [1.165, 1.54) is 4.31 Å². The Hall–Kier alpha value is -1.13. The summed E-state index contributed by atoms with van der Waals surface area (Å²) in [6.07, 6.45) is -0.290. The molecule has 0 aromatic heterocycles. The minimum absolute atomic E-state index is 0.194. The van der Waals surface area contributed by atoms with Gasteiger partial charge in [-0.3, -0.25) is 0 Å². The van der Waals surface area contributed by atoms with Crippen LogP contribution in [-0.2, 0) is 26.1 Å². The van der Waals surface area contributed by atoms with Gasteiger partial charge in [0.2, 0.25) is 10.0 Å². The standard InChI is InChI=1S/C12H16N4O3S2/c1-8(13)10-7-16(5-6-19-10)21(17,18)11-4-2-3-9-12(11)15-20-14-9/h2-4,8,10H,5-7,13H2,1H3. The van der Waals surface area contributed by atoms with Crippen molar-refractivity contribution < 1.29 is 13.2 Å². The number of morpholine rings is 1. The highest BCUT2D eigenvalue weighted by Crippen LogP contribution is 2.38. The highest BCUT2D eigenvalue weighted by atomic mass is 32.2. The zero-order valence-electron chi connectivity index (χ0n) is 11.5. The third kappa shape index (κ3) is 2.67. The van der Waals surface area contributed by atoms with Crippen molar-refractivity contribution in [2.45, 2.75) is 24.0 Å². The summed E-state index contributed by atoms with van der Waals surface area (Å²) in [5.74, 6) is 0. The Balaban J connectivity index is 1.95. The number of ether oxygens (including phenoxy) is 1. The highest BCUT2D eigenvalue weighted by molar-refractivity contribution is 7.89. The summed E-state index contributed by atoms with van der Waals surface area (Å²) in [5.41, 5.74) is 6.84. The molecular weight excluding hydrogens is 312 g/mol. The summed E-state index contributed by atoms with van der Waals surface area (Å²) >= 11 is 1.01. The maximum absolute atomic E-state index is 12.8. The van der Waals surface area contributed by atoms with E-state index in [0.29, 0.717) is 24.5 Å². The zero-order chi connectivity index (χ0) is 15.0. The first-order chi connectivity index (χ1) is 10.00. The van der Waals surface area contributed by atoms with Crippen LogP contribution in [0.5, 0.6) is 0 Å². The van der Waals surface area contributed by atoms with E-state index >= 15 is 0 Å². The van der Waals surface area contributed by atoms with Gasteiger partial charge in [-0.15, -0.1) is 0 Å². The molecule has 1 saturated heterocycles. The molecule has 21 heavy (non-hydrogen) atoms. The first kappa shape index (κ1) is 14.8. The monoisotopic (exact) mass is 328 g/mol. The summed E-state index contributed by atoms with van der Waals surface area (Å²) in [6, 6.07) is 4.77. The predicted octanol–water partition coefficient (Wildman–Crippen LogP) is 1.15. The van der Waals surface area contributed by atoms with Gasteiger partial charge in [0.05, 0.1) is 24.1 Å². The van der Waals surface area contributed by atoms with Gasteiger partial charge >= 0.3 is 0 Å². The number of benzene rings is 1. The molecule has 9 heteroatoms. The van der Waals surface area contributed by atoms with Crippen molar-refractivity contribution in [3.63, 3.8) is 0 Å². The molecule has 0 saturated carbocycles. The van der Waals surface area contributed by atoms with E-state index in [4.69, 9.17) is 10.5 Å². The van der Waals surface area contributed by atoms with E-state index in [2.05, 4.69) is 8.73 Å². The van der Waals surface area contributed by atoms with Crippen LogP contribution in [0.4, 0.5) is 11.4 Å². The molecule has 114 valence electrons. The second-order valence-corrected chi connectivity index (χ2v) is 7.45. The Morgan fingerprint density at radius 1 is 1.48 bits per heavy atom. The van der Waals surface area contributed by atoms with Gasteiger partial charge in [-0.1, -0.05) is 6.07 Å². The minimum Gasteiger partial charge on any atom is -0.374 e. The molecule has 2 N–H and O–H groups in total. The van der Waals surface area contributed by atoms with Gasteiger partial charge < -0.3 is 10.5 Å². The quantitative estimate of drug-likeness (QED) is 0.914. The van der Waals surface area contributed by atoms with Crippen LogP contribution >= 0.6 is 0 Å². The molecule has 0 radical (unpaired) electrons. The van der Waals surface area contributed by atoms with Gasteiger partial charge in [0.25, 0.3) is 0 Å². The van der Waals surface area contributed by atoms with E-state index in [1.54, 1.807) is 18.2 Å². The molecule has 2 atom stereocenters. The van der Waals surface area contributed by atoms with E-state index in [-0.39, 0.29) is 23.6 Å².